The highest BCUT2D eigenvalue weighted by Crippen LogP contribution is 2.55. The Morgan fingerprint density at radius 1 is 0.929 bits per heavy atom. The Hall–Kier alpha value is -2.34. The molecule has 0 N–H and O–H groups in total. The minimum absolute atomic E-state index is 0.262. The maximum atomic E-state index is 16.3. The summed E-state index contributed by atoms with van der Waals surface area (Å²) in [5, 5.41) is 0. The largest absolute Gasteiger partial charge is 0.343 e. The highest BCUT2D eigenvalue weighted by atomic mass is 19.2. The van der Waals surface area contributed by atoms with Gasteiger partial charge in [0, 0.05) is 12.7 Å². The number of rotatable bonds is 5. The van der Waals surface area contributed by atoms with Gasteiger partial charge >= 0.3 is 0 Å². The lowest BCUT2D eigenvalue weighted by Crippen LogP contribution is -2.55. The fourth-order valence-corrected chi connectivity index (χ4v) is 4.01. The Labute approximate surface area is 163 Å². The topological polar surface area (TPSA) is 27.7 Å². The third-order valence-electron chi connectivity index (χ3n) is 5.50. The zero-order valence-corrected chi connectivity index (χ0v) is 15.9. The van der Waals surface area contributed by atoms with Crippen LogP contribution in [0.3, 0.4) is 0 Å². The first-order valence-electron chi connectivity index (χ1n) is 9.21. The van der Waals surface area contributed by atoms with Crippen molar-refractivity contribution < 1.29 is 23.0 Å². The van der Waals surface area contributed by atoms with E-state index in [9.17, 15) is 0 Å². The number of halogens is 2. The van der Waals surface area contributed by atoms with Crippen molar-refractivity contribution >= 4 is 0 Å². The SMILES string of the molecule is COC12OCOC1(F)C(Cc1ccccc1)=C(Cc1ccccc1)C(C)=C2F. The standard InChI is InChI=1S/C23H22F2O3/c1-16-19(13-17-9-5-3-6-10-17)20(14-18-11-7-4-8-12-18)22(25)23(26-2,21(16)24)28-15-27-22/h3-12H,13-15H2,1-2H3. The predicted molar refractivity (Wildman–Crippen MR) is 102 cm³/mol. The zero-order valence-electron chi connectivity index (χ0n) is 15.9. The van der Waals surface area contributed by atoms with Crippen molar-refractivity contribution in [1.29, 1.82) is 0 Å². The summed E-state index contributed by atoms with van der Waals surface area (Å²) >= 11 is 0. The lowest BCUT2D eigenvalue weighted by Gasteiger charge is -2.41. The molecular formula is C23H22F2O3. The molecule has 0 spiro atoms. The summed E-state index contributed by atoms with van der Waals surface area (Å²) in [6.07, 6.45) is 0.648. The van der Waals surface area contributed by atoms with Crippen LogP contribution in [0.1, 0.15) is 18.1 Å². The van der Waals surface area contributed by atoms with Crippen LogP contribution in [0.25, 0.3) is 0 Å². The summed E-state index contributed by atoms with van der Waals surface area (Å²) in [6, 6.07) is 19.1. The van der Waals surface area contributed by atoms with Gasteiger partial charge < -0.3 is 14.2 Å². The fourth-order valence-electron chi connectivity index (χ4n) is 4.01. The fraction of sp³-hybridized carbons (Fsp3) is 0.304. The first kappa shape index (κ1) is 19.0. The molecule has 2 atom stereocenters. The summed E-state index contributed by atoms with van der Waals surface area (Å²) in [6.45, 7) is 1.25. The average molecular weight is 384 g/mol. The quantitative estimate of drug-likeness (QED) is 0.723. The van der Waals surface area contributed by atoms with Crippen molar-refractivity contribution in [3.63, 3.8) is 0 Å². The number of hydrogen-bond acceptors (Lipinski definition) is 3. The number of allylic oxidation sites excluding steroid dienone is 2. The molecule has 1 fully saturated rings. The van der Waals surface area contributed by atoms with Crippen LogP contribution in [0.4, 0.5) is 8.78 Å². The second-order valence-corrected chi connectivity index (χ2v) is 7.04. The Morgan fingerprint density at radius 3 is 2.07 bits per heavy atom. The van der Waals surface area contributed by atoms with Gasteiger partial charge in [-0.25, -0.2) is 8.78 Å². The van der Waals surface area contributed by atoms with Crippen LogP contribution in [-0.2, 0) is 27.1 Å². The molecule has 5 heteroatoms. The molecule has 2 aliphatic rings. The van der Waals surface area contributed by atoms with E-state index in [2.05, 4.69) is 0 Å². The van der Waals surface area contributed by atoms with Gasteiger partial charge in [-0.1, -0.05) is 60.7 Å². The Morgan fingerprint density at radius 2 is 1.50 bits per heavy atom. The van der Waals surface area contributed by atoms with E-state index in [1.807, 2.05) is 60.7 Å². The van der Waals surface area contributed by atoms with Crippen molar-refractivity contribution in [3.8, 4) is 0 Å². The van der Waals surface area contributed by atoms with Crippen molar-refractivity contribution in [1.82, 2.24) is 0 Å². The molecule has 146 valence electrons. The van der Waals surface area contributed by atoms with Crippen LogP contribution >= 0.6 is 0 Å². The Kier molecular flexibility index (Phi) is 4.91. The van der Waals surface area contributed by atoms with Gasteiger partial charge in [-0.2, -0.15) is 0 Å². The van der Waals surface area contributed by atoms with Gasteiger partial charge in [0.1, 0.15) is 0 Å². The minimum atomic E-state index is -2.54. The zero-order chi connectivity index (χ0) is 19.8. The maximum absolute atomic E-state index is 16.3. The van der Waals surface area contributed by atoms with Gasteiger partial charge in [0.2, 0.25) is 0 Å². The van der Waals surface area contributed by atoms with Crippen LogP contribution in [0.5, 0.6) is 0 Å². The Balaban J connectivity index is 1.89. The predicted octanol–water partition coefficient (Wildman–Crippen LogP) is 5.04. The second kappa shape index (κ2) is 7.24. The number of ether oxygens (including phenoxy) is 3. The van der Waals surface area contributed by atoms with Crippen LogP contribution in [-0.4, -0.2) is 25.5 Å². The molecule has 0 amide bonds. The monoisotopic (exact) mass is 384 g/mol. The smallest absolute Gasteiger partial charge is 0.296 e. The van der Waals surface area contributed by atoms with E-state index in [1.165, 1.54) is 7.11 Å². The minimum Gasteiger partial charge on any atom is -0.343 e. The van der Waals surface area contributed by atoms with Gasteiger partial charge in [0.25, 0.3) is 11.6 Å². The van der Waals surface area contributed by atoms with Crippen LogP contribution in [0.2, 0.25) is 0 Å². The van der Waals surface area contributed by atoms with Crippen LogP contribution in [0, 0.1) is 0 Å². The van der Waals surface area contributed by atoms with Crippen molar-refractivity contribution in [3.05, 3.63) is 94.3 Å². The molecule has 2 unspecified atom stereocenters. The van der Waals surface area contributed by atoms with E-state index in [4.69, 9.17) is 14.2 Å². The molecule has 2 aromatic rings. The van der Waals surface area contributed by atoms with E-state index in [-0.39, 0.29) is 13.2 Å². The normalized spacial score (nSPS) is 27.3. The van der Waals surface area contributed by atoms with Crippen LogP contribution in [0.15, 0.2) is 83.2 Å². The van der Waals surface area contributed by atoms with Gasteiger partial charge in [-0.05, 0) is 42.0 Å². The lowest BCUT2D eigenvalue weighted by molar-refractivity contribution is -0.245. The molecule has 4 rings (SSSR count). The van der Waals surface area contributed by atoms with Crippen molar-refractivity contribution in [2.24, 2.45) is 0 Å². The number of hydrogen-bond donors (Lipinski definition) is 0. The molecule has 1 aliphatic carbocycles. The van der Waals surface area contributed by atoms with E-state index in [0.717, 1.165) is 11.1 Å². The average Bonchev–Trinajstić information content (AvgIpc) is 3.09. The van der Waals surface area contributed by atoms with E-state index >= 15 is 8.78 Å². The van der Waals surface area contributed by atoms with Gasteiger partial charge in [-0.3, -0.25) is 0 Å². The summed E-state index contributed by atoms with van der Waals surface area (Å²) in [5.41, 5.74) is 3.10. The lowest BCUT2D eigenvalue weighted by atomic mass is 9.78. The Bertz CT molecular complexity index is 923. The third-order valence-corrected chi connectivity index (χ3v) is 5.50. The molecule has 0 aromatic heterocycles. The van der Waals surface area contributed by atoms with Crippen LogP contribution < -0.4 is 0 Å². The third kappa shape index (κ3) is 2.82. The number of alkyl halides is 1. The van der Waals surface area contributed by atoms with Gasteiger partial charge in [-0.15, -0.1) is 0 Å². The maximum Gasteiger partial charge on any atom is 0.296 e. The molecule has 1 aliphatic heterocycles. The molecule has 1 heterocycles. The molecule has 28 heavy (non-hydrogen) atoms. The highest BCUT2D eigenvalue weighted by molar-refractivity contribution is 5.52. The molecule has 3 nitrogen and oxygen atoms in total. The molecular weight excluding hydrogens is 362 g/mol. The first-order valence-corrected chi connectivity index (χ1v) is 9.21. The van der Waals surface area contributed by atoms with E-state index in [1.54, 1.807) is 6.92 Å². The number of fused-ring (bicyclic) bond motifs is 1. The molecule has 1 saturated heterocycles. The summed E-state index contributed by atoms with van der Waals surface area (Å²) in [7, 11) is 1.23. The van der Waals surface area contributed by atoms with Crippen molar-refractivity contribution in [2.75, 3.05) is 13.9 Å². The number of benzene rings is 2. The molecule has 0 saturated carbocycles. The van der Waals surface area contributed by atoms with E-state index in [0.29, 0.717) is 23.1 Å². The van der Waals surface area contributed by atoms with E-state index < -0.39 is 17.5 Å². The molecule has 0 radical (unpaired) electrons. The molecule has 2 aromatic carbocycles. The van der Waals surface area contributed by atoms with Crippen molar-refractivity contribution in [2.45, 2.75) is 31.4 Å². The molecule has 0 bridgehead atoms. The highest BCUT2D eigenvalue weighted by Gasteiger charge is 2.68. The summed E-state index contributed by atoms with van der Waals surface area (Å²) < 4.78 is 47.7. The first-order chi connectivity index (χ1) is 13.5. The van der Waals surface area contributed by atoms with Gasteiger partial charge in [0.15, 0.2) is 12.6 Å². The van der Waals surface area contributed by atoms with Gasteiger partial charge in [0.05, 0.1) is 0 Å². The number of methoxy groups -OCH3 is 1. The second-order valence-electron chi connectivity index (χ2n) is 7.04. The summed E-state index contributed by atoms with van der Waals surface area (Å²) in [5.74, 6) is -5.52. The summed E-state index contributed by atoms with van der Waals surface area (Å²) in [4.78, 5) is 0.